The number of halogens is 1. The molecule has 1 fully saturated rings. The van der Waals surface area contributed by atoms with Crippen LogP contribution in [0.15, 0.2) is 48.5 Å². The molecule has 2 heterocycles. The lowest BCUT2D eigenvalue weighted by atomic mass is 9.97. The minimum Gasteiger partial charge on any atom is -0.340 e. The maximum atomic E-state index is 13.1. The zero-order chi connectivity index (χ0) is 21.1. The number of hydrogen-bond donors (Lipinski definition) is 0. The molecule has 1 atom stereocenters. The highest BCUT2D eigenvalue weighted by Gasteiger charge is 2.28. The first-order chi connectivity index (χ1) is 14.5. The number of nitrogens with zero attached hydrogens (tertiary/aromatic N) is 3. The fourth-order valence-corrected chi connectivity index (χ4v) is 4.33. The molecule has 1 unspecified atom stereocenters. The number of anilines is 1. The normalized spacial score (nSPS) is 17.7. The Hall–Kier alpha value is -2.73. The molecule has 30 heavy (non-hydrogen) atoms. The average molecular weight is 410 g/mol. The highest BCUT2D eigenvalue weighted by atomic mass is 19.1. The molecule has 0 aliphatic carbocycles. The van der Waals surface area contributed by atoms with Gasteiger partial charge in [-0.25, -0.2) is 4.39 Å². The summed E-state index contributed by atoms with van der Waals surface area (Å²) in [6.07, 6.45) is 1.32. The molecule has 0 bridgehead atoms. The predicted octanol–water partition coefficient (Wildman–Crippen LogP) is 3.05. The summed E-state index contributed by atoms with van der Waals surface area (Å²) in [6.45, 7) is 5.82. The zero-order valence-electron chi connectivity index (χ0n) is 17.4. The average Bonchev–Trinajstić information content (AvgIpc) is 3.19. The van der Waals surface area contributed by atoms with Crippen molar-refractivity contribution in [1.29, 1.82) is 0 Å². The van der Waals surface area contributed by atoms with E-state index in [0.717, 1.165) is 24.2 Å². The number of amides is 2. The number of hydrogen-bond acceptors (Lipinski definition) is 3. The molecule has 5 nitrogen and oxygen atoms in total. The van der Waals surface area contributed by atoms with E-state index in [0.29, 0.717) is 39.1 Å². The van der Waals surface area contributed by atoms with Crippen LogP contribution in [0.4, 0.5) is 10.1 Å². The maximum Gasteiger partial charge on any atom is 0.241 e. The van der Waals surface area contributed by atoms with Crippen molar-refractivity contribution in [1.82, 2.24) is 9.80 Å². The highest BCUT2D eigenvalue weighted by molar-refractivity contribution is 5.96. The highest BCUT2D eigenvalue weighted by Crippen LogP contribution is 2.27. The van der Waals surface area contributed by atoms with Crippen LogP contribution in [-0.2, 0) is 16.0 Å². The quantitative estimate of drug-likeness (QED) is 0.763. The van der Waals surface area contributed by atoms with Gasteiger partial charge >= 0.3 is 0 Å². The Morgan fingerprint density at radius 3 is 2.37 bits per heavy atom. The molecule has 2 aromatic carbocycles. The molecule has 158 valence electrons. The van der Waals surface area contributed by atoms with Gasteiger partial charge in [-0.2, -0.15) is 0 Å². The Bertz CT molecular complexity index is 907. The summed E-state index contributed by atoms with van der Waals surface area (Å²) >= 11 is 0. The van der Waals surface area contributed by atoms with Gasteiger partial charge in [0.2, 0.25) is 11.8 Å². The Morgan fingerprint density at radius 2 is 1.63 bits per heavy atom. The molecule has 6 heteroatoms. The summed E-state index contributed by atoms with van der Waals surface area (Å²) < 4.78 is 13.1. The third-order valence-corrected chi connectivity index (χ3v) is 6.19. The molecule has 2 aliphatic rings. The monoisotopic (exact) mass is 409 g/mol. The van der Waals surface area contributed by atoms with Gasteiger partial charge in [-0.05, 0) is 41.7 Å². The fourth-order valence-electron chi connectivity index (χ4n) is 4.33. The van der Waals surface area contributed by atoms with E-state index in [1.807, 2.05) is 34.9 Å². The Labute approximate surface area is 177 Å². The van der Waals surface area contributed by atoms with Crippen molar-refractivity contribution in [2.45, 2.75) is 25.7 Å². The molecule has 0 radical (unpaired) electrons. The molecule has 4 rings (SSSR count). The largest absolute Gasteiger partial charge is 0.340 e. The van der Waals surface area contributed by atoms with Crippen LogP contribution in [0.2, 0.25) is 0 Å². The lowest BCUT2D eigenvalue weighted by Gasteiger charge is -2.35. The maximum absolute atomic E-state index is 13.1. The summed E-state index contributed by atoms with van der Waals surface area (Å²) in [7, 11) is 0. The number of benzene rings is 2. The van der Waals surface area contributed by atoms with Gasteiger partial charge in [-0.1, -0.05) is 37.3 Å². The Balaban J connectivity index is 1.25. The van der Waals surface area contributed by atoms with E-state index in [4.69, 9.17) is 0 Å². The van der Waals surface area contributed by atoms with Gasteiger partial charge in [0.1, 0.15) is 5.82 Å². The molecule has 1 saturated heterocycles. The summed E-state index contributed by atoms with van der Waals surface area (Å²) in [6, 6.07) is 14.4. The molecule has 0 aromatic heterocycles. The first kappa shape index (κ1) is 20.5. The first-order valence-electron chi connectivity index (χ1n) is 10.6. The van der Waals surface area contributed by atoms with Crippen molar-refractivity contribution >= 4 is 17.5 Å². The Kier molecular flexibility index (Phi) is 6.13. The van der Waals surface area contributed by atoms with Crippen molar-refractivity contribution < 1.29 is 14.0 Å². The van der Waals surface area contributed by atoms with Gasteiger partial charge in [0.15, 0.2) is 0 Å². The third kappa shape index (κ3) is 4.54. The van der Waals surface area contributed by atoms with Crippen LogP contribution in [-0.4, -0.2) is 60.9 Å². The van der Waals surface area contributed by atoms with E-state index in [9.17, 15) is 14.0 Å². The number of carbonyl (C=O) groups is 2. The molecule has 0 saturated carbocycles. The summed E-state index contributed by atoms with van der Waals surface area (Å²) in [5.74, 6) is 0.0317. The number of piperazine rings is 1. The van der Waals surface area contributed by atoms with E-state index < -0.39 is 0 Å². The van der Waals surface area contributed by atoms with Gasteiger partial charge in [0, 0.05) is 44.8 Å². The minimum atomic E-state index is -0.264. The summed E-state index contributed by atoms with van der Waals surface area (Å²) in [5, 5.41) is 0. The molecule has 2 aromatic rings. The molecule has 0 spiro atoms. The van der Waals surface area contributed by atoms with Crippen LogP contribution in [0, 0.1) is 5.82 Å². The van der Waals surface area contributed by atoms with Crippen LogP contribution in [0.5, 0.6) is 0 Å². The van der Waals surface area contributed by atoms with Crippen molar-refractivity contribution in [3.63, 3.8) is 0 Å². The van der Waals surface area contributed by atoms with Crippen LogP contribution in [0.1, 0.15) is 30.4 Å². The number of carbonyl (C=O) groups excluding carboxylic acids is 2. The van der Waals surface area contributed by atoms with E-state index in [1.54, 1.807) is 12.1 Å². The van der Waals surface area contributed by atoms with E-state index in [1.165, 1.54) is 17.7 Å². The second-order valence-electron chi connectivity index (χ2n) is 8.24. The fraction of sp³-hybridized carbons (Fsp3) is 0.417. The molecule has 2 aliphatic heterocycles. The standard InChI is InChI=1S/C24H28FN3O2/c1-18(19-6-8-21(25)9-7-19)16-23(29)27-14-12-26(13-15-27)17-24(30)28-11-10-20-4-2-3-5-22(20)28/h2-9,18H,10-17H2,1H3. The molecule has 2 amide bonds. The van der Waals surface area contributed by atoms with E-state index >= 15 is 0 Å². The van der Waals surface area contributed by atoms with E-state index in [2.05, 4.69) is 11.0 Å². The Morgan fingerprint density at radius 1 is 0.933 bits per heavy atom. The van der Waals surface area contributed by atoms with Gasteiger partial charge < -0.3 is 9.80 Å². The zero-order valence-corrected chi connectivity index (χ0v) is 17.4. The third-order valence-electron chi connectivity index (χ3n) is 6.19. The van der Waals surface area contributed by atoms with Crippen molar-refractivity contribution in [3.05, 3.63) is 65.5 Å². The van der Waals surface area contributed by atoms with Crippen LogP contribution in [0.25, 0.3) is 0 Å². The molecular formula is C24H28FN3O2. The van der Waals surface area contributed by atoms with Crippen molar-refractivity contribution in [3.8, 4) is 0 Å². The molecular weight excluding hydrogens is 381 g/mol. The lowest BCUT2D eigenvalue weighted by Crippen LogP contribution is -2.51. The number of fused-ring (bicyclic) bond motifs is 1. The van der Waals surface area contributed by atoms with Crippen LogP contribution < -0.4 is 4.90 Å². The molecule has 0 N–H and O–H groups in total. The van der Waals surface area contributed by atoms with Crippen molar-refractivity contribution in [2.24, 2.45) is 0 Å². The number of para-hydroxylation sites is 1. The smallest absolute Gasteiger partial charge is 0.241 e. The second-order valence-corrected chi connectivity index (χ2v) is 8.24. The SMILES string of the molecule is CC(CC(=O)N1CCN(CC(=O)N2CCc3ccccc32)CC1)c1ccc(F)cc1. The minimum absolute atomic E-state index is 0.0490. The topological polar surface area (TPSA) is 43.9 Å². The summed E-state index contributed by atoms with van der Waals surface area (Å²) in [5.41, 5.74) is 3.24. The first-order valence-corrected chi connectivity index (χ1v) is 10.6. The number of rotatable bonds is 5. The van der Waals surface area contributed by atoms with E-state index in [-0.39, 0.29) is 23.5 Å². The summed E-state index contributed by atoms with van der Waals surface area (Å²) in [4.78, 5) is 31.4. The lowest BCUT2D eigenvalue weighted by molar-refractivity contribution is -0.133. The van der Waals surface area contributed by atoms with Crippen molar-refractivity contribution in [2.75, 3.05) is 44.2 Å². The van der Waals surface area contributed by atoms with Crippen LogP contribution in [0.3, 0.4) is 0 Å². The predicted molar refractivity (Wildman–Crippen MR) is 115 cm³/mol. The second kappa shape index (κ2) is 8.96. The van der Waals surface area contributed by atoms with Gasteiger partial charge in [0.25, 0.3) is 0 Å². The van der Waals surface area contributed by atoms with Gasteiger partial charge in [-0.15, -0.1) is 0 Å². The van der Waals surface area contributed by atoms with Crippen LogP contribution >= 0.6 is 0 Å². The van der Waals surface area contributed by atoms with Gasteiger partial charge in [-0.3, -0.25) is 14.5 Å². The van der Waals surface area contributed by atoms with Gasteiger partial charge in [0.05, 0.1) is 6.54 Å².